The molecule has 6 heteroatoms. The topological polar surface area (TPSA) is 57.8 Å². The number of hydrogen-bond donors (Lipinski definition) is 1. The summed E-state index contributed by atoms with van der Waals surface area (Å²) in [6.07, 6.45) is 0. The van der Waals surface area contributed by atoms with Gasteiger partial charge in [-0.15, -0.1) is 0 Å². The molecular weight excluding hydrogens is 324 g/mol. The second-order valence-electron chi connectivity index (χ2n) is 6.04. The Kier molecular flexibility index (Phi) is 3.32. The van der Waals surface area contributed by atoms with E-state index in [1.807, 2.05) is 11.5 Å². The molecule has 25 heavy (non-hydrogen) atoms. The average Bonchev–Trinajstić information content (AvgIpc) is 2.90. The van der Waals surface area contributed by atoms with Crippen molar-refractivity contribution in [2.24, 2.45) is 0 Å². The molecule has 3 aromatic rings. The molecule has 2 heterocycles. The van der Waals surface area contributed by atoms with Gasteiger partial charge in [-0.1, -0.05) is 6.07 Å². The molecule has 1 amide bonds. The fourth-order valence-electron chi connectivity index (χ4n) is 3.48. The Balaban J connectivity index is 2.13. The lowest BCUT2D eigenvalue weighted by molar-refractivity contribution is 0.0928. The van der Waals surface area contributed by atoms with Gasteiger partial charge in [0.15, 0.2) is 11.6 Å². The van der Waals surface area contributed by atoms with Crippen molar-refractivity contribution in [2.45, 2.75) is 13.5 Å². The van der Waals surface area contributed by atoms with Crippen LogP contribution in [0.4, 0.5) is 8.78 Å². The first-order valence-electron chi connectivity index (χ1n) is 7.82. The number of nitrogens with one attached hydrogen (secondary N) is 1. The van der Waals surface area contributed by atoms with E-state index in [1.54, 1.807) is 12.1 Å². The zero-order chi connectivity index (χ0) is 17.7. The number of aryl methyl sites for hydroxylation is 1. The first-order valence-corrected chi connectivity index (χ1v) is 7.82. The van der Waals surface area contributed by atoms with Crippen molar-refractivity contribution in [3.8, 4) is 17.2 Å². The Morgan fingerprint density at radius 3 is 2.72 bits per heavy atom. The summed E-state index contributed by atoms with van der Waals surface area (Å²) < 4.78 is 28.9. The molecule has 0 radical (unpaired) electrons. The number of nitriles is 1. The number of amides is 1. The van der Waals surface area contributed by atoms with Crippen LogP contribution in [-0.2, 0) is 6.54 Å². The summed E-state index contributed by atoms with van der Waals surface area (Å²) >= 11 is 0. The smallest absolute Gasteiger partial charge is 0.268 e. The fraction of sp³-hybridized carbons (Fsp3) is 0.158. The normalized spacial score (nSPS) is 13.4. The summed E-state index contributed by atoms with van der Waals surface area (Å²) in [7, 11) is 0. The van der Waals surface area contributed by atoms with Gasteiger partial charge in [-0.05, 0) is 42.3 Å². The van der Waals surface area contributed by atoms with Gasteiger partial charge in [-0.3, -0.25) is 4.79 Å². The van der Waals surface area contributed by atoms with Crippen LogP contribution in [0.25, 0.3) is 22.0 Å². The van der Waals surface area contributed by atoms with E-state index in [9.17, 15) is 18.8 Å². The third kappa shape index (κ3) is 2.20. The molecule has 2 aromatic carbocycles. The van der Waals surface area contributed by atoms with Gasteiger partial charge < -0.3 is 9.88 Å². The standard InChI is InChI=1S/C19H13F2N3O/c1-10-13-6-11(9-22)7-14(12-2-3-15(20)16(21)8-12)18(13)24-5-4-23-19(25)17(10)24/h2-3,6-8H,4-5H2,1H3,(H,23,25). The molecule has 4 nitrogen and oxygen atoms in total. The molecule has 0 aliphatic carbocycles. The van der Waals surface area contributed by atoms with Crippen LogP contribution in [0, 0.1) is 29.9 Å². The van der Waals surface area contributed by atoms with Crippen molar-refractivity contribution in [2.75, 3.05) is 6.54 Å². The Morgan fingerprint density at radius 1 is 1.20 bits per heavy atom. The zero-order valence-electron chi connectivity index (χ0n) is 13.4. The van der Waals surface area contributed by atoms with E-state index < -0.39 is 11.6 Å². The van der Waals surface area contributed by atoms with Gasteiger partial charge in [-0.2, -0.15) is 5.26 Å². The van der Waals surface area contributed by atoms with Crippen molar-refractivity contribution in [3.63, 3.8) is 0 Å². The predicted octanol–water partition coefficient (Wildman–Crippen LogP) is 3.51. The number of hydrogen-bond acceptors (Lipinski definition) is 2. The zero-order valence-corrected chi connectivity index (χ0v) is 13.4. The van der Waals surface area contributed by atoms with Crippen LogP contribution < -0.4 is 5.32 Å². The SMILES string of the molecule is Cc1c2n(c3c(-c4ccc(F)c(F)c4)cc(C#N)cc13)CCNC2=O. The summed E-state index contributed by atoms with van der Waals surface area (Å²) in [5.41, 5.74) is 3.55. The van der Waals surface area contributed by atoms with Crippen LogP contribution in [-0.4, -0.2) is 17.0 Å². The lowest BCUT2D eigenvalue weighted by Gasteiger charge is -2.18. The molecule has 4 rings (SSSR count). The molecule has 0 saturated heterocycles. The minimum atomic E-state index is -0.951. The molecule has 0 unspecified atom stereocenters. The summed E-state index contributed by atoms with van der Waals surface area (Å²) in [5.74, 6) is -2.05. The Labute approximate surface area is 142 Å². The molecular formula is C19H13F2N3O. The molecule has 0 bridgehead atoms. The van der Waals surface area contributed by atoms with Crippen molar-refractivity contribution < 1.29 is 13.6 Å². The Morgan fingerprint density at radius 2 is 2.00 bits per heavy atom. The van der Waals surface area contributed by atoms with Crippen molar-refractivity contribution in [1.29, 1.82) is 5.26 Å². The van der Waals surface area contributed by atoms with E-state index in [0.717, 1.165) is 28.6 Å². The van der Waals surface area contributed by atoms with Crippen LogP contribution in [0.3, 0.4) is 0 Å². The molecule has 0 spiro atoms. The molecule has 0 fully saturated rings. The molecule has 0 atom stereocenters. The van der Waals surface area contributed by atoms with Crippen molar-refractivity contribution >= 4 is 16.8 Å². The summed E-state index contributed by atoms with van der Waals surface area (Å²) in [6.45, 7) is 2.90. The second kappa shape index (κ2) is 5.42. The number of rotatable bonds is 1. The number of nitrogens with zero attached hydrogens (tertiary/aromatic N) is 2. The molecule has 1 aromatic heterocycles. The highest BCUT2D eigenvalue weighted by Crippen LogP contribution is 2.36. The molecule has 1 aliphatic rings. The highest BCUT2D eigenvalue weighted by Gasteiger charge is 2.26. The van der Waals surface area contributed by atoms with Gasteiger partial charge in [0.1, 0.15) is 5.69 Å². The Bertz CT molecular complexity index is 1090. The lowest BCUT2D eigenvalue weighted by Crippen LogP contribution is -2.35. The summed E-state index contributed by atoms with van der Waals surface area (Å²) in [5, 5.41) is 12.9. The monoisotopic (exact) mass is 337 g/mol. The largest absolute Gasteiger partial charge is 0.349 e. The third-order valence-corrected chi connectivity index (χ3v) is 4.60. The number of carbonyl (C=O) groups is 1. The maximum Gasteiger partial charge on any atom is 0.268 e. The maximum absolute atomic E-state index is 13.7. The summed E-state index contributed by atoms with van der Waals surface area (Å²) in [4.78, 5) is 12.3. The minimum Gasteiger partial charge on any atom is -0.349 e. The third-order valence-electron chi connectivity index (χ3n) is 4.60. The second-order valence-corrected chi connectivity index (χ2v) is 6.04. The van der Waals surface area contributed by atoms with Crippen LogP contribution in [0.15, 0.2) is 30.3 Å². The maximum atomic E-state index is 13.7. The van der Waals surface area contributed by atoms with Crippen molar-refractivity contribution in [3.05, 3.63) is 58.8 Å². The van der Waals surface area contributed by atoms with E-state index in [1.165, 1.54) is 6.07 Å². The highest BCUT2D eigenvalue weighted by atomic mass is 19.2. The van der Waals surface area contributed by atoms with Crippen LogP contribution in [0.5, 0.6) is 0 Å². The van der Waals surface area contributed by atoms with E-state index in [4.69, 9.17) is 0 Å². The van der Waals surface area contributed by atoms with Crippen LogP contribution >= 0.6 is 0 Å². The lowest BCUT2D eigenvalue weighted by atomic mass is 9.98. The number of halogens is 2. The highest BCUT2D eigenvalue weighted by molar-refractivity contribution is 6.06. The van der Waals surface area contributed by atoms with Crippen molar-refractivity contribution in [1.82, 2.24) is 9.88 Å². The average molecular weight is 337 g/mol. The van der Waals surface area contributed by atoms with Gasteiger partial charge in [0.2, 0.25) is 0 Å². The molecule has 0 saturated carbocycles. The minimum absolute atomic E-state index is 0.172. The van der Waals surface area contributed by atoms with Crippen LogP contribution in [0.1, 0.15) is 21.6 Å². The van der Waals surface area contributed by atoms with Gasteiger partial charge in [0.05, 0.1) is 17.1 Å². The van der Waals surface area contributed by atoms with Gasteiger partial charge in [-0.25, -0.2) is 8.78 Å². The predicted molar refractivity (Wildman–Crippen MR) is 89.1 cm³/mol. The van der Waals surface area contributed by atoms with E-state index in [2.05, 4.69) is 11.4 Å². The van der Waals surface area contributed by atoms with Crippen LogP contribution in [0.2, 0.25) is 0 Å². The fourth-order valence-corrected chi connectivity index (χ4v) is 3.48. The molecule has 1 aliphatic heterocycles. The van der Waals surface area contributed by atoms with E-state index >= 15 is 0 Å². The quantitative estimate of drug-likeness (QED) is 0.739. The number of fused-ring (bicyclic) bond motifs is 3. The summed E-state index contributed by atoms with van der Waals surface area (Å²) in [6, 6.07) is 9.13. The van der Waals surface area contributed by atoms with E-state index in [-0.39, 0.29) is 5.91 Å². The number of aromatic nitrogens is 1. The first-order chi connectivity index (χ1) is 12.0. The van der Waals surface area contributed by atoms with Gasteiger partial charge in [0, 0.05) is 24.0 Å². The Hall–Kier alpha value is -3.20. The first kappa shape index (κ1) is 15.3. The van der Waals surface area contributed by atoms with Gasteiger partial charge in [0.25, 0.3) is 5.91 Å². The number of benzene rings is 2. The molecule has 1 N–H and O–H groups in total. The van der Waals surface area contributed by atoms with E-state index in [0.29, 0.717) is 35.5 Å². The molecule has 124 valence electrons. The number of carbonyl (C=O) groups excluding carboxylic acids is 1. The van der Waals surface area contributed by atoms with Gasteiger partial charge >= 0.3 is 0 Å².